The van der Waals surface area contributed by atoms with Gasteiger partial charge in [0.15, 0.2) is 5.43 Å². The van der Waals surface area contributed by atoms with Gasteiger partial charge >= 0.3 is 0 Å². The summed E-state index contributed by atoms with van der Waals surface area (Å²) in [5.41, 5.74) is 3.18. The molecule has 5 rings (SSSR count). The minimum atomic E-state index is -0.694. The van der Waals surface area contributed by atoms with Gasteiger partial charge in [0.25, 0.3) is 5.91 Å². The molecule has 0 aliphatic carbocycles. The van der Waals surface area contributed by atoms with Gasteiger partial charge in [-0.25, -0.2) is 0 Å². The lowest BCUT2D eigenvalue weighted by atomic mass is 9.97. The molecule has 32 heavy (non-hydrogen) atoms. The van der Waals surface area contributed by atoms with Crippen LogP contribution in [0.4, 0.5) is 5.13 Å². The lowest BCUT2D eigenvalue weighted by Gasteiger charge is -2.22. The van der Waals surface area contributed by atoms with Gasteiger partial charge in [-0.3, -0.25) is 14.5 Å². The number of halogens is 1. The van der Waals surface area contributed by atoms with Gasteiger partial charge in [-0.15, -0.1) is 10.2 Å². The third-order valence-corrected chi connectivity index (χ3v) is 6.99. The van der Waals surface area contributed by atoms with Crippen molar-refractivity contribution >= 4 is 44.9 Å². The van der Waals surface area contributed by atoms with Crippen LogP contribution in [0.2, 0.25) is 5.02 Å². The average molecular weight is 466 g/mol. The van der Waals surface area contributed by atoms with Crippen molar-refractivity contribution < 1.29 is 9.21 Å². The lowest BCUT2D eigenvalue weighted by Crippen LogP contribution is -2.29. The Morgan fingerprint density at radius 2 is 1.91 bits per heavy atom. The summed E-state index contributed by atoms with van der Waals surface area (Å²) in [5, 5.41) is 10.8. The van der Waals surface area contributed by atoms with Crippen LogP contribution in [0.1, 0.15) is 57.2 Å². The van der Waals surface area contributed by atoms with Crippen molar-refractivity contribution in [2.75, 3.05) is 4.90 Å². The summed E-state index contributed by atoms with van der Waals surface area (Å²) in [6.07, 6.45) is 1.69. The Hall–Kier alpha value is -3.03. The van der Waals surface area contributed by atoms with Crippen LogP contribution in [-0.2, 0) is 6.42 Å². The number of carbonyl (C=O) groups excluding carboxylic acids is 1. The number of hydrogen-bond donors (Lipinski definition) is 0. The second-order valence-corrected chi connectivity index (χ2v) is 9.44. The van der Waals surface area contributed by atoms with Crippen molar-refractivity contribution in [3.63, 3.8) is 0 Å². The SMILES string of the molecule is CCCc1nnc(N2C(=O)c3oc4cc(C)c(C)cc4c(=O)c3C2c2cccc(Cl)c2)s1. The van der Waals surface area contributed by atoms with Crippen LogP contribution < -0.4 is 10.3 Å². The first-order valence-electron chi connectivity index (χ1n) is 10.4. The van der Waals surface area contributed by atoms with Crippen molar-refractivity contribution in [3.05, 3.63) is 84.7 Å². The van der Waals surface area contributed by atoms with Gasteiger partial charge in [0.2, 0.25) is 10.9 Å². The number of fused-ring (bicyclic) bond motifs is 2. The van der Waals surface area contributed by atoms with E-state index in [1.807, 2.05) is 26.0 Å². The standard InChI is InChI=1S/C24H20ClN3O3S/c1-4-6-18-26-27-24(32-18)28-20(14-7-5-8-15(25)11-14)19-21(29)16-9-12(2)13(3)10-17(16)31-22(19)23(28)30/h5,7-11,20H,4,6H2,1-3H3. The monoisotopic (exact) mass is 465 g/mol. The lowest BCUT2D eigenvalue weighted by molar-refractivity contribution is 0.0970. The van der Waals surface area contributed by atoms with Crippen molar-refractivity contribution in [2.24, 2.45) is 0 Å². The molecule has 1 amide bonds. The topological polar surface area (TPSA) is 76.3 Å². The molecule has 0 saturated carbocycles. The first-order valence-corrected chi connectivity index (χ1v) is 11.6. The highest BCUT2D eigenvalue weighted by Gasteiger charge is 2.45. The highest BCUT2D eigenvalue weighted by atomic mass is 35.5. The summed E-state index contributed by atoms with van der Waals surface area (Å²) in [7, 11) is 0. The Labute approximate surface area is 193 Å². The van der Waals surface area contributed by atoms with Crippen LogP contribution in [0.3, 0.4) is 0 Å². The first kappa shape index (κ1) is 20.8. The van der Waals surface area contributed by atoms with Crippen molar-refractivity contribution in [3.8, 4) is 0 Å². The normalized spacial score (nSPS) is 15.6. The predicted octanol–water partition coefficient (Wildman–Crippen LogP) is 5.62. The van der Waals surface area contributed by atoms with Crippen LogP contribution in [0.25, 0.3) is 11.0 Å². The van der Waals surface area contributed by atoms with E-state index in [4.69, 9.17) is 16.0 Å². The molecular weight excluding hydrogens is 446 g/mol. The largest absolute Gasteiger partial charge is 0.450 e. The zero-order valence-electron chi connectivity index (χ0n) is 17.8. The van der Waals surface area contributed by atoms with Gasteiger partial charge in [0.1, 0.15) is 10.6 Å². The van der Waals surface area contributed by atoms with Crippen LogP contribution in [0.15, 0.2) is 45.6 Å². The van der Waals surface area contributed by atoms with E-state index >= 15 is 0 Å². The third-order valence-electron chi connectivity index (χ3n) is 5.78. The van der Waals surface area contributed by atoms with E-state index in [0.717, 1.165) is 29.0 Å². The highest BCUT2D eigenvalue weighted by molar-refractivity contribution is 7.15. The number of rotatable bonds is 4. The van der Waals surface area contributed by atoms with Gasteiger partial charge < -0.3 is 4.42 Å². The quantitative estimate of drug-likeness (QED) is 0.391. The van der Waals surface area contributed by atoms with E-state index < -0.39 is 11.9 Å². The minimum absolute atomic E-state index is 0.0444. The zero-order chi connectivity index (χ0) is 22.6. The molecule has 1 atom stereocenters. The minimum Gasteiger partial charge on any atom is -0.450 e. The number of aromatic nitrogens is 2. The van der Waals surface area contributed by atoms with Crippen molar-refractivity contribution in [1.82, 2.24) is 10.2 Å². The second kappa shape index (κ2) is 7.83. The number of benzene rings is 2. The molecule has 4 aromatic rings. The number of amides is 1. The van der Waals surface area contributed by atoms with Crippen LogP contribution in [0, 0.1) is 13.8 Å². The first-order chi connectivity index (χ1) is 15.4. The summed E-state index contributed by atoms with van der Waals surface area (Å²) in [6, 6.07) is 10.1. The molecule has 1 aliphatic rings. The molecule has 2 aromatic carbocycles. The van der Waals surface area contributed by atoms with Gasteiger partial charge in [0.05, 0.1) is 17.0 Å². The van der Waals surface area contributed by atoms with Crippen LogP contribution in [-0.4, -0.2) is 16.1 Å². The zero-order valence-corrected chi connectivity index (χ0v) is 19.4. The predicted molar refractivity (Wildman–Crippen MR) is 126 cm³/mol. The smallest absolute Gasteiger partial charge is 0.297 e. The Morgan fingerprint density at radius 3 is 2.66 bits per heavy atom. The van der Waals surface area contributed by atoms with Gasteiger partial charge in [-0.2, -0.15) is 0 Å². The fourth-order valence-electron chi connectivity index (χ4n) is 4.07. The number of aryl methyl sites for hydroxylation is 3. The summed E-state index contributed by atoms with van der Waals surface area (Å²) in [4.78, 5) is 28.8. The Bertz CT molecular complexity index is 1440. The third kappa shape index (κ3) is 3.24. The summed E-state index contributed by atoms with van der Waals surface area (Å²) >= 11 is 7.62. The Kier molecular flexibility index (Phi) is 5.10. The van der Waals surface area contributed by atoms with Crippen LogP contribution in [0.5, 0.6) is 0 Å². The molecule has 6 nitrogen and oxygen atoms in total. The number of carbonyl (C=O) groups is 1. The fraction of sp³-hybridized carbons (Fsp3) is 0.250. The van der Waals surface area contributed by atoms with E-state index in [2.05, 4.69) is 17.1 Å². The molecule has 0 saturated heterocycles. The molecule has 8 heteroatoms. The van der Waals surface area contributed by atoms with E-state index in [-0.39, 0.29) is 11.2 Å². The van der Waals surface area contributed by atoms with Crippen molar-refractivity contribution in [2.45, 2.75) is 39.7 Å². The number of anilines is 1. The Balaban J connectivity index is 1.79. The van der Waals surface area contributed by atoms with E-state index in [0.29, 0.717) is 32.3 Å². The van der Waals surface area contributed by atoms with Gasteiger partial charge in [0, 0.05) is 11.4 Å². The van der Waals surface area contributed by atoms with Crippen LogP contribution >= 0.6 is 22.9 Å². The summed E-state index contributed by atoms with van der Waals surface area (Å²) in [5.74, 6) is -0.357. The molecule has 1 aliphatic heterocycles. The molecule has 0 radical (unpaired) electrons. The maximum absolute atomic E-state index is 13.7. The van der Waals surface area contributed by atoms with E-state index in [1.54, 1.807) is 24.3 Å². The molecule has 0 spiro atoms. The van der Waals surface area contributed by atoms with Gasteiger partial charge in [-0.05, 0) is 61.2 Å². The molecular formula is C24H20ClN3O3S. The second-order valence-electron chi connectivity index (χ2n) is 7.97. The molecule has 2 aromatic heterocycles. The molecule has 162 valence electrons. The fourth-order valence-corrected chi connectivity index (χ4v) is 5.24. The highest BCUT2D eigenvalue weighted by Crippen LogP contribution is 2.42. The molecule has 3 heterocycles. The van der Waals surface area contributed by atoms with Crippen molar-refractivity contribution in [1.29, 1.82) is 0 Å². The van der Waals surface area contributed by atoms with E-state index in [9.17, 15) is 9.59 Å². The molecule has 0 bridgehead atoms. The Morgan fingerprint density at radius 1 is 1.12 bits per heavy atom. The average Bonchev–Trinajstić information content (AvgIpc) is 3.33. The van der Waals surface area contributed by atoms with E-state index in [1.165, 1.54) is 16.2 Å². The maximum atomic E-state index is 13.7. The van der Waals surface area contributed by atoms with Gasteiger partial charge in [-0.1, -0.05) is 42.0 Å². The summed E-state index contributed by atoms with van der Waals surface area (Å²) < 4.78 is 6.05. The molecule has 1 unspecified atom stereocenters. The maximum Gasteiger partial charge on any atom is 0.297 e. The number of hydrogen-bond acceptors (Lipinski definition) is 6. The number of nitrogens with zero attached hydrogens (tertiary/aromatic N) is 3. The molecule has 0 N–H and O–H groups in total. The molecule has 0 fully saturated rings. The summed E-state index contributed by atoms with van der Waals surface area (Å²) in [6.45, 7) is 5.95.